The van der Waals surface area contributed by atoms with Gasteiger partial charge in [0.15, 0.2) is 0 Å². The molecule has 1 aliphatic rings. The molecule has 0 saturated carbocycles. The van der Waals surface area contributed by atoms with Gasteiger partial charge in [-0.3, -0.25) is 9.48 Å². The molecule has 0 radical (unpaired) electrons. The predicted octanol–water partition coefficient (Wildman–Crippen LogP) is 0.858. The second-order valence-electron chi connectivity index (χ2n) is 4.85. The van der Waals surface area contributed by atoms with Gasteiger partial charge in [0.1, 0.15) is 6.54 Å². The van der Waals surface area contributed by atoms with Crippen molar-refractivity contribution in [2.45, 2.75) is 13.0 Å². The maximum atomic E-state index is 12.3. The van der Waals surface area contributed by atoms with Crippen LogP contribution in [0.5, 0.6) is 0 Å². The summed E-state index contributed by atoms with van der Waals surface area (Å²) < 4.78 is 1.79. The summed E-state index contributed by atoms with van der Waals surface area (Å²) in [5.74, 6) is 0.151. The molecule has 0 bridgehead atoms. The van der Waals surface area contributed by atoms with Crippen molar-refractivity contribution >= 4 is 16.8 Å². The minimum Gasteiger partial charge on any atom is -0.340 e. The van der Waals surface area contributed by atoms with Gasteiger partial charge in [-0.2, -0.15) is 5.10 Å². The SMILES string of the molecule is O=C(Cn1ncc2ccccc21)N1CCCNCC1. The van der Waals surface area contributed by atoms with E-state index in [0.29, 0.717) is 6.54 Å². The molecule has 5 nitrogen and oxygen atoms in total. The monoisotopic (exact) mass is 258 g/mol. The highest BCUT2D eigenvalue weighted by Gasteiger charge is 2.16. The molecule has 2 heterocycles. The maximum absolute atomic E-state index is 12.3. The van der Waals surface area contributed by atoms with Crippen molar-refractivity contribution in [3.05, 3.63) is 30.5 Å². The first-order chi connectivity index (χ1) is 9.34. The van der Waals surface area contributed by atoms with Gasteiger partial charge in [0, 0.05) is 25.0 Å². The number of hydrogen-bond acceptors (Lipinski definition) is 3. The number of amides is 1. The first kappa shape index (κ1) is 12.2. The van der Waals surface area contributed by atoms with Crippen LogP contribution in [0.3, 0.4) is 0 Å². The molecular weight excluding hydrogens is 240 g/mol. The third-order valence-corrected chi connectivity index (χ3v) is 3.53. The van der Waals surface area contributed by atoms with Gasteiger partial charge in [0.25, 0.3) is 0 Å². The molecule has 1 N–H and O–H groups in total. The van der Waals surface area contributed by atoms with Crippen molar-refractivity contribution in [3.63, 3.8) is 0 Å². The van der Waals surface area contributed by atoms with Gasteiger partial charge in [-0.05, 0) is 19.0 Å². The molecule has 1 aliphatic heterocycles. The number of carbonyl (C=O) groups excluding carboxylic acids is 1. The first-order valence-corrected chi connectivity index (χ1v) is 6.73. The molecule has 5 heteroatoms. The van der Waals surface area contributed by atoms with E-state index in [-0.39, 0.29) is 5.91 Å². The van der Waals surface area contributed by atoms with Crippen molar-refractivity contribution in [1.82, 2.24) is 20.0 Å². The molecule has 0 unspecified atom stereocenters. The highest BCUT2D eigenvalue weighted by atomic mass is 16.2. The van der Waals surface area contributed by atoms with E-state index in [1.165, 1.54) is 0 Å². The molecule has 0 atom stereocenters. The van der Waals surface area contributed by atoms with Crippen molar-refractivity contribution in [3.8, 4) is 0 Å². The molecule has 1 aromatic heterocycles. The fourth-order valence-corrected chi connectivity index (χ4v) is 2.48. The van der Waals surface area contributed by atoms with Crippen molar-refractivity contribution in [2.24, 2.45) is 0 Å². The van der Waals surface area contributed by atoms with Crippen LogP contribution in [0.2, 0.25) is 0 Å². The van der Waals surface area contributed by atoms with Crippen LogP contribution < -0.4 is 5.32 Å². The molecular formula is C14H18N4O. The summed E-state index contributed by atoms with van der Waals surface area (Å²) in [6.45, 7) is 3.83. The van der Waals surface area contributed by atoms with Crippen LogP contribution in [0.1, 0.15) is 6.42 Å². The van der Waals surface area contributed by atoms with E-state index < -0.39 is 0 Å². The first-order valence-electron chi connectivity index (χ1n) is 6.73. The van der Waals surface area contributed by atoms with E-state index in [4.69, 9.17) is 0 Å². The predicted molar refractivity (Wildman–Crippen MR) is 73.8 cm³/mol. The molecule has 1 fully saturated rings. The number of nitrogens with zero attached hydrogens (tertiary/aromatic N) is 3. The average Bonchev–Trinajstić information content (AvgIpc) is 2.66. The number of benzene rings is 1. The summed E-state index contributed by atoms with van der Waals surface area (Å²) in [5, 5.41) is 8.69. The molecule has 2 aromatic rings. The minimum absolute atomic E-state index is 0.151. The van der Waals surface area contributed by atoms with E-state index in [0.717, 1.165) is 43.5 Å². The van der Waals surface area contributed by atoms with Gasteiger partial charge >= 0.3 is 0 Å². The zero-order chi connectivity index (χ0) is 13.1. The molecule has 0 aliphatic carbocycles. The fourth-order valence-electron chi connectivity index (χ4n) is 2.48. The number of hydrogen-bond donors (Lipinski definition) is 1. The minimum atomic E-state index is 0.151. The lowest BCUT2D eigenvalue weighted by Gasteiger charge is -2.20. The number of aromatic nitrogens is 2. The largest absolute Gasteiger partial charge is 0.340 e. The summed E-state index contributed by atoms with van der Waals surface area (Å²) in [6.07, 6.45) is 2.83. The summed E-state index contributed by atoms with van der Waals surface area (Å²) in [7, 11) is 0. The number of carbonyl (C=O) groups is 1. The Bertz CT molecular complexity index is 570. The quantitative estimate of drug-likeness (QED) is 0.869. The summed E-state index contributed by atoms with van der Waals surface area (Å²) >= 11 is 0. The summed E-state index contributed by atoms with van der Waals surface area (Å²) in [4.78, 5) is 14.2. The number of para-hydroxylation sites is 1. The second kappa shape index (κ2) is 5.40. The maximum Gasteiger partial charge on any atom is 0.244 e. The second-order valence-corrected chi connectivity index (χ2v) is 4.85. The van der Waals surface area contributed by atoms with Crippen LogP contribution in [0, 0.1) is 0 Å². The van der Waals surface area contributed by atoms with E-state index in [1.807, 2.05) is 35.4 Å². The van der Waals surface area contributed by atoms with E-state index in [1.54, 1.807) is 4.68 Å². The highest BCUT2D eigenvalue weighted by Crippen LogP contribution is 2.12. The molecule has 1 amide bonds. The number of rotatable bonds is 2. The average molecular weight is 258 g/mol. The summed E-state index contributed by atoms with van der Waals surface area (Å²) in [6, 6.07) is 7.97. The fraction of sp³-hybridized carbons (Fsp3) is 0.429. The lowest BCUT2D eigenvalue weighted by atomic mass is 10.2. The van der Waals surface area contributed by atoms with Gasteiger partial charge in [-0.1, -0.05) is 18.2 Å². The van der Waals surface area contributed by atoms with E-state index in [9.17, 15) is 4.79 Å². The standard InChI is InChI=1S/C14H18N4O/c19-14(17-8-3-6-15-7-9-17)11-18-13-5-2-1-4-12(13)10-16-18/h1-2,4-5,10,15H,3,6-9,11H2. The number of fused-ring (bicyclic) bond motifs is 1. The van der Waals surface area contributed by atoms with E-state index in [2.05, 4.69) is 10.4 Å². The van der Waals surface area contributed by atoms with Crippen LogP contribution in [0.15, 0.2) is 30.5 Å². The molecule has 1 saturated heterocycles. The molecule has 19 heavy (non-hydrogen) atoms. The van der Waals surface area contributed by atoms with Crippen molar-refractivity contribution < 1.29 is 4.79 Å². The zero-order valence-electron chi connectivity index (χ0n) is 10.9. The van der Waals surface area contributed by atoms with Gasteiger partial charge in [-0.15, -0.1) is 0 Å². The Labute approximate surface area is 112 Å². The Kier molecular flexibility index (Phi) is 3.46. The Morgan fingerprint density at radius 2 is 2.16 bits per heavy atom. The molecule has 3 rings (SSSR count). The Morgan fingerprint density at radius 3 is 3.11 bits per heavy atom. The van der Waals surface area contributed by atoms with Crippen LogP contribution in [-0.2, 0) is 11.3 Å². The Hall–Kier alpha value is -1.88. The third-order valence-electron chi connectivity index (χ3n) is 3.53. The lowest BCUT2D eigenvalue weighted by molar-refractivity contribution is -0.131. The normalized spacial score (nSPS) is 16.5. The van der Waals surface area contributed by atoms with Gasteiger partial charge in [-0.25, -0.2) is 0 Å². The van der Waals surface area contributed by atoms with E-state index >= 15 is 0 Å². The van der Waals surface area contributed by atoms with Crippen LogP contribution in [0.4, 0.5) is 0 Å². The topological polar surface area (TPSA) is 50.2 Å². The Balaban J connectivity index is 1.75. The third kappa shape index (κ3) is 2.61. The lowest BCUT2D eigenvalue weighted by Crippen LogP contribution is -2.36. The van der Waals surface area contributed by atoms with Gasteiger partial charge < -0.3 is 10.2 Å². The molecule has 1 aromatic carbocycles. The molecule has 100 valence electrons. The summed E-state index contributed by atoms with van der Waals surface area (Å²) in [5.41, 5.74) is 1.02. The van der Waals surface area contributed by atoms with Gasteiger partial charge in [0.2, 0.25) is 5.91 Å². The smallest absolute Gasteiger partial charge is 0.244 e. The Morgan fingerprint density at radius 1 is 1.26 bits per heavy atom. The zero-order valence-corrected chi connectivity index (χ0v) is 10.9. The van der Waals surface area contributed by atoms with Crippen LogP contribution >= 0.6 is 0 Å². The van der Waals surface area contributed by atoms with Crippen molar-refractivity contribution in [2.75, 3.05) is 26.2 Å². The van der Waals surface area contributed by atoms with Crippen LogP contribution in [0.25, 0.3) is 10.9 Å². The van der Waals surface area contributed by atoms with Gasteiger partial charge in [0.05, 0.1) is 11.7 Å². The van der Waals surface area contributed by atoms with Crippen molar-refractivity contribution in [1.29, 1.82) is 0 Å². The molecule has 0 spiro atoms. The highest BCUT2D eigenvalue weighted by molar-refractivity contribution is 5.82. The van der Waals surface area contributed by atoms with Crippen LogP contribution in [-0.4, -0.2) is 46.8 Å². The number of nitrogens with one attached hydrogen (secondary N) is 1.